The molecule has 21 heavy (non-hydrogen) atoms. The number of rotatable bonds is 3. The lowest BCUT2D eigenvalue weighted by Crippen LogP contribution is -2.06. The van der Waals surface area contributed by atoms with E-state index in [1.165, 1.54) is 18.3 Å². The van der Waals surface area contributed by atoms with Crippen molar-refractivity contribution in [2.75, 3.05) is 5.73 Å². The molecule has 0 saturated heterocycles. The summed E-state index contributed by atoms with van der Waals surface area (Å²) in [4.78, 5) is 18.5. The van der Waals surface area contributed by atoms with E-state index in [9.17, 15) is 4.79 Å². The molecule has 2 N–H and O–H groups in total. The van der Waals surface area contributed by atoms with Crippen LogP contribution in [-0.2, 0) is 0 Å². The number of nitrogens with zero attached hydrogens (tertiary/aromatic N) is 4. The summed E-state index contributed by atoms with van der Waals surface area (Å²) in [7, 11) is 0. The molecule has 0 aliphatic rings. The van der Waals surface area contributed by atoms with Crippen LogP contribution in [0.2, 0.25) is 0 Å². The van der Waals surface area contributed by atoms with Gasteiger partial charge >= 0.3 is 0 Å². The molecule has 110 valence electrons. The zero-order valence-electron chi connectivity index (χ0n) is 11.6. The van der Waals surface area contributed by atoms with E-state index >= 15 is 0 Å². The predicted octanol–water partition coefficient (Wildman–Crippen LogP) is 2.88. The first-order valence-electron chi connectivity index (χ1n) is 6.17. The molecule has 0 saturated carbocycles. The number of carbonyl (C=O) groups excluding carboxylic acids is 1. The zero-order valence-corrected chi connectivity index (χ0v) is 13.3. The number of carbonyl (C=O) groups is 1. The highest BCUT2D eigenvalue weighted by atomic mass is 32.1. The fourth-order valence-electron chi connectivity index (χ4n) is 1.52. The van der Waals surface area contributed by atoms with Gasteiger partial charge in [0.25, 0.3) is 0 Å². The Morgan fingerprint density at radius 1 is 1.29 bits per heavy atom. The van der Waals surface area contributed by atoms with Crippen LogP contribution in [0.15, 0.2) is 35.5 Å². The quantitative estimate of drug-likeness (QED) is 0.750. The molecular formula is C13H15N5OS2. The molecule has 0 spiro atoms. The largest absolute Gasteiger partial charge is 0.396 e. The maximum absolute atomic E-state index is 10.5. The van der Waals surface area contributed by atoms with Crippen LogP contribution < -0.4 is 5.73 Å². The van der Waals surface area contributed by atoms with E-state index in [1.807, 2.05) is 23.2 Å². The summed E-state index contributed by atoms with van der Waals surface area (Å²) >= 11 is 2.99. The monoisotopic (exact) mass is 321 g/mol. The summed E-state index contributed by atoms with van der Waals surface area (Å²) in [6.07, 6.45) is 6.88. The Kier molecular flexibility index (Phi) is 5.18. The molecule has 3 aromatic rings. The highest BCUT2D eigenvalue weighted by Gasteiger charge is 2.10. The van der Waals surface area contributed by atoms with Crippen molar-refractivity contribution in [1.29, 1.82) is 0 Å². The van der Waals surface area contributed by atoms with Crippen LogP contribution >= 0.6 is 22.7 Å². The van der Waals surface area contributed by atoms with Crippen molar-refractivity contribution in [3.63, 3.8) is 0 Å². The van der Waals surface area contributed by atoms with Crippen LogP contribution in [0.3, 0.4) is 0 Å². The molecule has 0 aromatic carbocycles. The molecule has 8 heteroatoms. The molecule has 3 rings (SSSR count). The van der Waals surface area contributed by atoms with Crippen LogP contribution in [-0.4, -0.2) is 25.5 Å². The van der Waals surface area contributed by atoms with Crippen molar-refractivity contribution in [3.8, 4) is 0 Å². The molecule has 3 heterocycles. The lowest BCUT2D eigenvalue weighted by atomic mass is 10.4. The fraction of sp³-hybridized carbons (Fsp3) is 0.231. The minimum atomic E-state index is 0.0417. The van der Waals surface area contributed by atoms with Gasteiger partial charge in [-0.05, 0) is 6.92 Å². The summed E-state index contributed by atoms with van der Waals surface area (Å²) in [6, 6.07) is 0.164. The summed E-state index contributed by atoms with van der Waals surface area (Å²) in [5.74, 6) is 0.0417. The Labute approximate surface area is 130 Å². The lowest BCUT2D eigenvalue weighted by molar-refractivity contribution is 0.101. The van der Waals surface area contributed by atoms with Crippen LogP contribution in [0.25, 0.3) is 0 Å². The fourth-order valence-corrected chi connectivity index (χ4v) is 2.74. The first-order valence-corrected chi connectivity index (χ1v) is 7.93. The van der Waals surface area contributed by atoms with E-state index < -0.39 is 0 Å². The van der Waals surface area contributed by atoms with E-state index in [0.29, 0.717) is 10.7 Å². The Morgan fingerprint density at radius 3 is 2.43 bits per heavy atom. The topological polar surface area (TPSA) is 86.7 Å². The summed E-state index contributed by atoms with van der Waals surface area (Å²) in [5.41, 5.74) is 6.25. The van der Waals surface area contributed by atoms with Crippen molar-refractivity contribution in [1.82, 2.24) is 19.7 Å². The van der Waals surface area contributed by atoms with Crippen LogP contribution in [0.4, 0.5) is 5.69 Å². The number of hydrogen-bond donors (Lipinski definition) is 1. The second kappa shape index (κ2) is 7.09. The zero-order chi connectivity index (χ0) is 15.2. The van der Waals surface area contributed by atoms with Crippen LogP contribution in [0, 0.1) is 0 Å². The van der Waals surface area contributed by atoms with Gasteiger partial charge in [0, 0.05) is 36.3 Å². The second-order valence-electron chi connectivity index (χ2n) is 4.19. The standard InChI is InChI=1S/C8H10N4S.C5H5NOS/c1-6(8-10-2-3-13-8)12-5-7(9)4-11-12;1-4(7)5-6-2-3-8-5/h2-6H,9H2,1H3;2-3H,1H3. The SMILES string of the molecule is CC(=O)c1nccs1.CC(c1nccs1)n1cc(N)cn1. The Hall–Kier alpha value is -2.06. The van der Waals surface area contributed by atoms with Gasteiger partial charge in [-0.25, -0.2) is 9.97 Å². The first-order chi connectivity index (χ1) is 10.1. The maximum Gasteiger partial charge on any atom is 0.188 e. The van der Waals surface area contributed by atoms with Crippen LogP contribution in [0.1, 0.15) is 34.7 Å². The summed E-state index contributed by atoms with van der Waals surface area (Å²) in [6.45, 7) is 3.56. The van der Waals surface area contributed by atoms with Gasteiger partial charge in [0.1, 0.15) is 11.0 Å². The lowest BCUT2D eigenvalue weighted by Gasteiger charge is -2.07. The smallest absolute Gasteiger partial charge is 0.188 e. The second-order valence-corrected chi connectivity index (χ2v) is 6.01. The van der Waals surface area contributed by atoms with E-state index in [-0.39, 0.29) is 11.8 Å². The van der Waals surface area contributed by atoms with Crippen molar-refractivity contribution in [3.05, 3.63) is 45.6 Å². The molecule has 0 bridgehead atoms. The third-order valence-corrected chi connectivity index (χ3v) is 4.38. The third-order valence-electron chi connectivity index (χ3n) is 2.56. The Bertz CT molecular complexity index is 675. The molecule has 6 nitrogen and oxygen atoms in total. The first kappa shape index (κ1) is 15.3. The van der Waals surface area contributed by atoms with Gasteiger partial charge in [0.05, 0.1) is 11.9 Å². The molecule has 0 amide bonds. The van der Waals surface area contributed by atoms with Crippen molar-refractivity contribution in [2.24, 2.45) is 0 Å². The summed E-state index contributed by atoms with van der Waals surface area (Å²) < 4.78 is 1.81. The van der Waals surface area contributed by atoms with E-state index in [0.717, 1.165) is 5.01 Å². The molecule has 3 aromatic heterocycles. The summed E-state index contributed by atoms with van der Waals surface area (Å²) in [5, 5.41) is 9.51. The number of Topliss-reactive ketones (excluding diaryl/α,β-unsaturated/α-hetero) is 1. The molecule has 0 radical (unpaired) electrons. The van der Waals surface area contributed by atoms with Gasteiger partial charge in [-0.15, -0.1) is 22.7 Å². The van der Waals surface area contributed by atoms with Crippen molar-refractivity contribution >= 4 is 34.1 Å². The van der Waals surface area contributed by atoms with E-state index in [2.05, 4.69) is 15.1 Å². The number of nitrogen functional groups attached to an aromatic ring is 1. The minimum Gasteiger partial charge on any atom is -0.396 e. The molecule has 1 unspecified atom stereocenters. The Balaban J connectivity index is 0.000000173. The minimum absolute atomic E-state index is 0.0417. The van der Waals surface area contributed by atoms with Gasteiger partial charge in [-0.1, -0.05) is 0 Å². The maximum atomic E-state index is 10.5. The predicted molar refractivity (Wildman–Crippen MR) is 84.7 cm³/mol. The van der Waals surface area contributed by atoms with E-state index in [1.54, 1.807) is 35.3 Å². The van der Waals surface area contributed by atoms with Gasteiger partial charge in [0.2, 0.25) is 0 Å². The van der Waals surface area contributed by atoms with Gasteiger partial charge in [-0.2, -0.15) is 5.10 Å². The number of aromatic nitrogens is 4. The number of thiazole rings is 2. The number of nitrogens with two attached hydrogens (primary N) is 1. The molecular weight excluding hydrogens is 306 g/mol. The van der Waals surface area contributed by atoms with Crippen molar-refractivity contribution in [2.45, 2.75) is 19.9 Å². The number of hydrogen-bond acceptors (Lipinski definition) is 7. The third kappa shape index (κ3) is 4.20. The van der Waals surface area contributed by atoms with Crippen molar-refractivity contribution < 1.29 is 4.79 Å². The normalized spacial score (nSPS) is 11.5. The van der Waals surface area contributed by atoms with Crippen LogP contribution in [0.5, 0.6) is 0 Å². The number of ketones is 1. The number of anilines is 1. The Morgan fingerprint density at radius 2 is 2.00 bits per heavy atom. The average Bonchev–Trinajstić information content (AvgIpc) is 3.21. The molecule has 0 aliphatic heterocycles. The van der Waals surface area contributed by atoms with Gasteiger partial charge in [-0.3, -0.25) is 9.48 Å². The highest BCUT2D eigenvalue weighted by Crippen LogP contribution is 2.19. The average molecular weight is 321 g/mol. The molecule has 0 fully saturated rings. The highest BCUT2D eigenvalue weighted by molar-refractivity contribution is 7.11. The van der Waals surface area contributed by atoms with Gasteiger partial charge < -0.3 is 5.73 Å². The molecule has 1 atom stereocenters. The van der Waals surface area contributed by atoms with E-state index in [4.69, 9.17) is 5.73 Å². The molecule has 0 aliphatic carbocycles. The van der Waals surface area contributed by atoms with Gasteiger partial charge in [0.15, 0.2) is 10.8 Å².